The number of imide groups is 1. The molecule has 4 amide bonds. The monoisotopic (exact) mass is 764 g/mol. The molecule has 4 fully saturated rings. The normalized spacial score (nSPS) is 23.8. The van der Waals surface area contributed by atoms with Gasteiger partial charge in [0, 0.05) is 62.7 Å². The number of likely N-dealkylation sites (tertiary alicyclic amines) is 1. The Labute approximate surface area is 324 Å². The molecule has 55 heavy (non-hydrogen) atoms. The number of amides is 4. The van der Waals surface area contributed by atoms with Crippen molar-refractivity contribution in [1.82, 2.24) is 35.5 Å². The summed E-state index contributed by atoms with van der Waals surface area (Å²) in [6, 6.07) is 17.0. The summed E-state index contributed by atoms with van der Waals surface area (Å²) in [5.74, 6) is 1.49. The summed E-state index contributed by atoms with van der Waals surface area (Å²) in [7, 11) is 0. The Bertz CT molecular complexity index is 2100. The van der Waals surface area contributed by atoms with Gasteiger partial charge in [0.15, 0.2) is 11.5 Å². The van der Waals surface area contributed by atoms with Crippen molar-refractivity contribution in [3.63, 3.8) is 0 Å². The molecule has 1 aliphatic carbocycles. The third kappa shape index (κ3) is 7.95. The van der Waals surface area contributed by atoms with Gasteiger partial charge in [-0.15, -0.1) is 10.2 Å². The Morgan fingerprint density at radius 2 is 1.85 bits per heavy atom. The van der Waals surface area contributed by atoms with Gasteiger partial charge in [-0.25, -0.2) is 4.79 Å². The van der Waals surface area contributed by atoms with Crippen molar-refractivity contribution in [2.24, 2.45) is 5.92 Å². The van der Waals surface area contributed by atoms with Crippen LogP contribution in [0.5, 0.6) is 5.75 Å². The summed E-state index contributed by atoms with van der Waals surface area (Å²) in [4.78, 5) is 43.8. The Kier molecular flexibility index (Phi) is 10.6. The number of halogens is 1. The molecule has 286 valence electrons. The lowest BCUT2D eigenvalue weighted by molar-refractivity contribution is -0.120. The first-order valence-electron chi connectivity index (χ1n) is 19.3. The number of fused-ring (bicyclic) bond motifs is 1. The predicted molar refractivity (Wildman–Crippen MR) is 207 cm³/mol. The first kappa shape index (κ1) is 36.7. The fourth-order valence-corrected chi connectivity index (χ4v) is 8.93. The van der Waals surface area contributed by atoms with Gasteiger partial charge in [-0.05, 0) is 94.2 Å². The number of nitrogens with one attached hydrogen (secondary N) is 2. The van der Waals surface area contributed by atoms with E-state index >= 15 is 0 Å². The molecule has 0 bridgehead atoms. The maximum atomic E-state index is 13.1. The highest BCUT2D eigenvalue weighted by molar-refractivity contribution is 6.31. The molecule has 4 aromatic rings. The predicted octanol–water partition coefficient (Wildman–Crippen LogP) is 5.47. The highest BCUT2D eigenvalue weighted by Gasteiger charge is 2.34. The summed E-state index contributed by atoms with van der Waals surface area (Å²) in [5, 5.41) is 29.5. The summed E-state index contributed by atoms with van der Waals surface area (Å²) in [6.45, 7) is 6.47. The van der Waals surface area contributed by atoms with Crippen LogP contribution in [0.1, 0.15) is 80.4 Å². The van der Waals surface area contributed by atoms with Gasteiger partial charge in [0.25, 0.3) is 5.91 Å². The number of hydrogen-bond donors (Lipinski definition) is 2. The zero-order valence-corrected chi connectivity index (χ0v) is 31.6. The molecule has 4 aliphatic rings. The average molecular weight is 765 g/mol. The quantitative estimate of drug-likeness (QED) is 0.224. The summed E-state index contributed by atoms with van der Waals surface area (Å²) >= 11 is 6.15. The lowest BCUT2D eigenvalue weighted by Gasteiger charge is -2.34. The molecule has 2 atom stereocenters. The minimum Gasteiger partial charge on any atom is -0.490 e. The van der Waals surface area contributed by atoms with Crippen LogP contribution < -0.4 is 25.2 Å². The van der Waals surface area contributed by atoms with Crippen LogP contribution in [0.4, 0.5) is 16.3 Å². The van der Waals surface area contributed by atoms with Crippen molar-refractivity contribution < 1.29 is 19.1 Å². The number of carbonyl (C=O) groups is 3. The molecule has 0 radical (unpaired) electrons. The Hall–Kier alpha value is -5.26. The van der Waals surface area contributed by atoms with Gasteiger partial charge in [-0.2, -0.15) is 10.4 Å². The van der Waals surface area contributed by atoms with Crippen molar-refractivity contribution in [2.75, 3.05) is 42.5 Å². The number of urea groups is 1. The van der Waals surface area contributed by atoms with Gasteiger partial charge < -0.3 is 19.9 Å². The Morgan fingerprint density at radius 3 is 2.58 bits per heavy atom. The molecule has 5 heterocycles. The van der Waals surface area contributed by atoms with E-state index < -0.39 is 0 Å². The number of rotatable bonds is 9. The maximum Gasteiger partial charge on any atom is 0.328 e. The lowest BCUT2D eigenvalue weighted by atomic mass is 9.93. The van der Waals surface area contributed by atoms with Crippen LogP contribution in [0.2, 0.25) is 5.02 Å². The minimum absolute atomic E-state index is 0.0274. The van der Waals surface area contributed by atoms with Crippen LogP contribution in [0.3, 0.4) is 0 Å². The number of nitrogens with zero attached hydrogens (tertiary/aromatic N) is 8. The zero-order valence-electron chi connectivity index (χ0n) is 30.9. The average Bonchev–Trinajstić information content (AvgIpc) is 3.79. The van der Waals surface area contributed by atoms with E-state index in [-0.39, 0.29) is 42.5 Å². The number of carbonyl (C=O) groups excluding carboxylic acids is 3. The van der Waals surface area contributed by atoms with Crippen LogP contribution >= 0.6 is 11.6 Å². The van der Waals surface area contributed by atoms with Gasteiger partial charge in [0.2, 0.25) is 5.91 Å². The third-order valence-electron chi connectivity index (χ3n) is 11.6. The number of anilines is 2. The standard InChI is InChI=1S/C40H45ClN10O4/c1-25-19-26(23-48-16-13-29(14-17-48)51-36-4-2-3-35(32(36)22-43-51)49-18-15-38(52)45-40(49)54)24-50(25)37-12-11-34(46-47-37)39(53)44-28-6-9-30(10-7-28)55-31-8-5-27(21-42)33(41)20-31/h2-5,8,11-12,20,22,25-26,28-30H,6-7,9-10,13-19,23-24H2,1H3,(H,44,53)(H,45,52,54). The van der Waals surface area contributed by atoms with E-state index in [9.17, 15) is 14.4 Å². The molecule has 15 heteroatoms. The van der Waals surface area contributed by atoms with Crippen LogP contribution in [0, 0.1) is 17.2 Å². The van der Waals surface area contributed by atoms with E-state index in [1.165, 1.54) is 0 Å². The van der Waals surface area contributed by atoms with Crippen LogP contribution in [0.25, 0.3) is 10.9 Å². The second-order valence-corrected chi connectivity index (χ2v) is 15.7. The Morgan fingerprint density at radius 1 is 1.04 bits per heavy atom. The highest BCUT2D eigenvalue weighted by Crippen LogP contribution is 2.34. The first-order valence-corrected chi connectivity index (χ1v) is 19.7. The summed E-state index contributed by atoms with van der Waals surface area (Å²) in [5.41, 5.74) is 2.52. The molecule has 3 aliphatic heterocycles. The molecule has 2 aromatic carbocycles. The van der Waals surface area contributed by atoms with Crippen LogP contribution in [-0.4, -0.2) is 93.6 Å². The number of piperidine rings is 1. The SMILES string of the molecule is CC1CC(CN2CCC(n3ncc4c(N5CCC(=O)NC5=O)cccc43)CC2)CN1c1ccc(C(=O)NC2CCC(Oc3ccc(C#N)c(Cl)c3)CC2)nn1. The van der Waals surface area contributed by atoms with Crippen molar-refractivity contribution in [3.05, 3.63) is 71.0 Å². The molecule has 2 aromatic heterocycles. The lowest BCUT2D eigenvalue weighted by Crippen LogP contribution is -2.49. The smallest absolute Gasteiger partial charge is 0.328 e. The molecule has 2 N–H and O–H groups in total. The van der Waals surface area contributed by atoms with Crippen LogP contribution in [0.15, 0.2) is 54.7 Å². The Balaban J connectivity index is 0.794. The van der Waals surface area contributed by atoms with Crippen molar-refractivity contribution >= 4 is 51.9 Å². The number of nitriles is 1. The van der Waals surface area contributed by atoms with Crippen molar-refractivity contribution in [3.8, 4) is 11.8 Å². The number of benzene rings is 2. The topological polar surface area (TPSA) is 162 Å². The van der Waals surface area contributed by atoms with Gasteiger partial charge >= 0.3 is 6.03 Å². The van der Waals surface area contributed by atoms with E-state index in [0.717, 1.165) is 93.5 Å². The van der Waals surface area contributed by atoms with E-state index in [1.807, 2.05) is 24.4 Å². The van der Waals surface area contributed by atoms with Gasteiger partial charge in [0.1, 0.15) is 11.8 Å². The van der Waals surface area contributed by atoms with E-state index in [2.05, 4.69) is 54.4 Å². The fourth-order valence-electron chi connectivity index (χ4n) is 8.72. The second kappa shape index (κ2) is 15.8. The largest absolute Gasteiger partial charge is 0.490 e. The maximum absolute atomic E-state index is 13.1. The van der Waals surface area contributed by atoms with Crippen molar-refractivity contribution in [2.45, 2.75) is 82.5 Å². The number of ether oxygens (including phenoxy) is 1. The van der Waals surface area contributed by atoms with E-state index in [1.54, 1.807) is 29.2 Å². The minimum atomic E-state index is -0.386. The van der Waals surface area contributed by atoms with Gasteiger partial charge in [0.05, 0.1) is 40.1 Å². The molecule has 8 rings (SSSR count). The molecule has 14 nitrogen and oxygen atoms in total. The highest BCUT2D eigenvalue weighted by atomic mass is 35.5. The molecule has 1 saturated carbocycles. The van der Waals surface area contributed by atoms with Gasteiger partial charge in [-0.1, -0.05) is 17.7 Å². The second-order valence-electron chi connectivity index (χ2n) is 15.3. The van der Waals surface area contributed by atoms with Crippen molar-refractivity contribution in [1.29, 1.82) is 5.26 Å². The van der Waals surface area contributed by atoms with E-state index in [0.29, 0.717) is 40.5 Å². The molecule has 2 unspecified atom stereocenters. The van der Waals surface area contributed by atoms with Crippen LogP contribution in [-0.2, 0) is 4.79 Å². The molecular formula is C40H45ClN10O4. The summed E-state index contributed by atoms with van der Waals surface area (Å²) in [6.07, 6.45) is 8.39. The number of hydrogen-bond acceptors (Lipinski definition) is 10. The zero-order chi connectivity index (χ0) is 38.1. The number of aromatic nitrogens is 4. The summed E-state index contributed by atoms with van der Waals surface area (Å²) < 4.78 is 8.21. The first-order chi connectivity index (χ1) is 26.7. The van der Waals surface area contributed by atoms with E-state index in [4.69, 9.17) is 26.7 Å². The third-order valence-corrected chi connectivity index (χ3v) is 11.9. The molecule has 0 spiro atoms. The van der Waals surface area contributed by atoms with Gasteiger partial charge in [-0.3, -0.25) is 24.5 Å². The molecule has 3 saturated heterocycles. The fraction of sp³-hybridized carbons (Fsp3) is 0.475. The molecular weight excluding hydrogens is 720 g/mol.